The Hall–Kier alpha value is -0.530. The van der Waals surface area contributed by atoms with Crippen molar-refractivity contribution in [3.63, 3.8) is 0 Å². The third-order valence-corrected chi connectivity index (χ3v) is 3.30. The van der Waals surface area contributed by atoms with E-state index in [0.29, 0.717) is 5.92 Å². The third-order valence-electron chi connectivity index (χ3n) is 3.30. The highest BCUT2D eigenvalue weighted by molar-refractivity contribution is 5.78. The van der Waals surface area contributed by atoms with Gasteiger partial charge in [-0.1, -0.05) is 27.7 Å². The molecule has 0 aliphatic carbocycles. The van der Waals surface area contributed by atoms with Gasteiger partial charge in [-0.05, 0) is 26.2 Å². The Morgan fingerprint density at radius 1 is 1.47 bits per heavy atom. The Kier molecular flexibility index (Phi) is 3.18. The Bertz CT molecular complexity index is 251. The molecule has 15 heavy (non-hydrogen) atoms. The first-order valence-corrected chi connectivity index (χ1v) is 5.86. The Morgan fingerprint density at radius 3 is 2.33 bits per heavy atom. The minimum absolute atomic E-state index is 0.0377. The number of cyclic esters (lactones) is 1. The molecule has 2 heteroatoms. The molecule has 2 nitrogen and oxygen atoms in total. The van der Waals surface area contributed by atoms with Crippen LogP contribution >= 0.6 is 0 Å². The van der Waals surface area contributed by atoms with Crippen LogP contribution in [0.15, 0.2) is 0 Å². The molecule has 0 saturated carbocycles. The third kappa shape index (κ3) is 2.73. The van der Waals surface area contributed by atoms with Gasteiger partial charge in [-0.2, -0.15) is 0 Å². The molecule has 0 radical (unpaired) electrons. The molecule has 1 rings (SSSR count). The van der Waals surface area contributed by atoms with Gasteiger partial charge in [0.25, 0.3) is 0 Å². The summed E-state index contributed by atoms with van der Waals surface area (Å²) >= 11 is 0. The Balaban J connectivity index is 2.71. The van der Waals surface area contributed by atoms with Gasteiger partial charge in [0, 0.05) is 11.8 Å². The van der Waals surface area contributed by atoms with E-state index in [1.54, 1.807) is 0 Å². The molecule has 0 aromatic carbocycles. The summed E-state index contributed by atoms with van der Waals surface area (Å²) in [6.45, 7) is 12.8. The van der Waals surface area contributed by atoms with Gasteiger partial charge in [0.15, 0.2) is 0 Å². The van der Waals surface area contributed by atoms with Crippen molar-refractivity contribution in [2.45, 2.75) is 60.5 Å². The average Bonchev–Trinajstić information content (AvgIpc) is 2.24. The van der Waals surface area contributed by atoms with Crippen LogP contribution in [0.4, 0.5) is 0 Å². The lowest BCUT2D eigenvalue weighted by atomic mass is 9.75. The van der Waals surface area contributed by atoms with E-state index < -0.39 is 0 Å². The zero-order chi connectivity index (χ0) is 11.9. The van der Waals surface area contributed by atoms with Crippen molar-refractivity contribution in [1.82, 2.24) is 0 Å². The second kappa shape index (κ2) is 3.80. The summed E-state index contributed by atoms with van der Waals surface area (Å²) < 4.78 is 5.50. The van der Waals surface area contributed by atoms with Crippen molar-refractivity contribution in [1.29, 1.82) is 0 Å². The van der Waals surface area contributed by atoms with E-state index >= 15 is 0 Å². The number of carbonyl (C=O) groups excluding carboxylic acids is 1. The molecule has 0 spiro atoms. The van der Waals surface area contributed by atoms with E-state index in [0.717, 1.165) is 12.8 Å². The lowest BCUT2D eigenvalue weighted by Crippen LogP contribution is -2.30. The molecule has 0 amide bonds. The second-order valence-corrected chi connectivity index (χ2v) is 6.57. The molecule has 1 saturated heterocycles. The van der Waals surface area contributed by atoms with Crippen molar-refractivity contribution >= 4 is 5.97 Å². The van der Waals surface area contributed by atoms with E-state index in [-0.39, 0.29) is 22.9 Å². The summed E-state index contributed by atoms with van der Waals surface area (Å²) in [6, 6.07) is 0. The zero-order valence-corrected chi connectivity index (χ0v) is 10.9. The van der Waals surface area contributed by atoms with Crippen LogP contribution in [-0.4, -0.2) is 12.1 Å². The quantitative estimate of drug-likeness (QED) is 0.670. The minimum Gasteiger partial charge on any atom is -0.461 e. The standard InChI is InChI=1S/C13H24O2/c1-9(2)7-12(3,4)10-8-13(5,6)11(14)15-10/h9-10H,7-8H2,1-6H3. The number of hydrogen-bond acceptors (Lipinski definition) is 2. The molecule has 0 bridgehead atoms. The number of esters is 1. The Morgan fingerprint density at radius 2 is 2.00 bits per heavy atom. The topological polar surface area (TPSA) is 26.3 Å². The van der Waals surface area contributed by atoms with Gasteiger partial charge >= 0.3 is 5.97 Å². The molecule has 88 valence electrons. The van der Waals surface area contributed by atoms with E-state index in [4.69, 9.17) is 4.74 Å². The van der Waals surface area contributed by atoms with Gasteiger partial charge in [-0.3, -0.25) is 4.79 Å². The van der Waals surface area contributed by atoms with E-state index in [1.165, 1.54) is 0 Å². The molecule has 1 aliphatic rings. The highest BCUT2D eigenvalue weighted by atomic mass is 16.6. The van der Waals surface area contributed by atoms with Crippen LogP contribution in [0.2, 0.25) is 0 Å². The van der Waals surface area contributed by atoms with Gasteiger partial charge in [0.2, 0.25) is 0 Å². The van der Waals surface area contributed by atoms with Gasteiger partial charge in [0.1, 0.15) is 6.10 Å². The lowest BCUT2D eigenvalue weighted by Gasteiger charge is -2.32. The number of hydrogen-bond donors (Lipinski definition) is 0. The monoisotopic (exact) mass is 212 g/mol. The van der Waals surface area contributed by atoms with Gasteiger partial charge in [-0.25, -0.2) is 0 Å². The SMILES string of the molecule is CC(C)CC(C)(C)C1CC(C)(C)C(=O)O1. The van der Waals surface area contributed by atoms with Crippen LogP contribution in [0.1, 0.15) is 54.4 Å². The molecule has 1 fully saturated rings. The average molecular weight is 212 g/mol. The maximum Gasteiger partial charge on any atom is 0.311 e. The highest BCUT2D eigenvalue weighted by Crippen LogP contribution is 2.43. The van der Waals surface area contributed by atoms with Crippen LogP contribution in [0.25, 0.3) is 0 Å². The zero-order valence-electron chi connectivity index (χ0n) is 10.9. The molecule has 1 atom stereocenters. The molecule has 0 N–H and O–H groups in total. The number of ether oxygens (including phenoxy) is 1. The summed E-state index contributed by atoms with van der Waals surface area (Å²) in [5.41, 5.74) is -0.198. The molecule has 1 unspecified atom stereocenters. The van der Waals surface area contributed by atoms with E-state index in [9.17, 15) is 4.79 Å². The van der Waals surface area contributed by atoms with Crippen molar-refractivity contribution < 1.29 is 9.53 Å². The van der Waals surface area contributed by atoms with Gasteiger partial charge < -0.3 is 4.74 Å². The smallest absolute Gasteiger partial charge is 0.311 e. The fraction of sp³-hybridized carbons (Fsp3) is 0.923. The molecule has 1 aliphatic heterocycles. The molecule has 0 aromatic rings. The summed E-state index contributed by atoms with van der Waals surface area (Å²) in [5, 5.41) is 0. The second-order valence-electron chi connectivity index (χ2n) is 6.57. The fourth-order valence-electron chi connectivity index (χ4n) is 2.50. The first-order valence-electron chi connectivity index (χ1n) is 5.86. The summed E-state index contributed by atoms with van der Waals surface area (Å²) in [6.07, 6.45) is 2.04. The maximum atomic E-state index is 11.6. The molecular weight excluding hydrogens is 188 g/mol. The number of rotatable bonds is 3. The van der Waals surface area contributed by atoms with E-state index in [1.807, 2.05) is 13.8 Å². The van der Waals surface area contributed by atoms with Crippen LogP contribution in [0, 0.1) is 16.7 Å². The van der Waals surface area contributed by atoms with Crippen molar-refractivity contribution in [3.05, 3.63) is 0 Å². The minimum atomic E-state index is -0.293. The summed E-state index contributed by atoms with van der Waals surface area (Å²) in [7, 11) is 0. The van der Waals surface area contributed by atoms with Crippen LogP contribution < -0.4 is 0 Å². The van der Waals surface area contributed by atoms with Crippen LogP contribution in [0.5, 0.6) is 0 Å². The first kappa shape index (κ1) is 12.5. The van der Waals surface area contributed by atoms with Crippen molar-refractivity contribution in [2.75, 3.05) is 0 Å². The predicted octanol–water partition coefficient (Wildman–Crippen LogP) is 3.40. The fourth-order valence-corrected chi connectivity index (χ4v) is 2.50. The van der Waals surface area contributed by atoms with Gasteiger partial charge in [0.05, 0.1) is 5.41 Å². The Labute approximate surface area is 93.4 Å². The number of carbonyl (C=O) groups is 1. The molecule has 1 heterocycles. The normalized spacial score (nSPS) is 25.8. The molecule has 0 aromatic heterocycles. The van der Waals surface area contributed by atoms with Gasteiger partial charge in [-0.15, -0.1) is 0 Å². The summed E-state index contributed by atoms with van der Waals surface area (Å²) in [5.74, 6) is 0.603. The van der Waals surface area contributed by atoms with Crippen molar-refractivity contribution in [3.8, 4) is 0 Å². The van der Waals surface area contributed by atoms with Crippen LogP contribution in [-0.2, 0) is 9.53 Å². The summed E-state index contributed by atoms with van der Waals surface area (Å²) in [4.78, 5) is 11.6. The van der Waals surface area contributed by atoms with Crippen LogP contribution in [0.3, 0.4) is 0 Å². The first-order chi connectivity index (χ1) is 6.65. The van der Waals surface area contributed by atoms with Crippen molar-refractivity contribution in [2.24, 2.45) is 16.7 Å². The maximum absolute atomic E-state index is 11.6. The predicted molar refractivity (Wildman–Crippen MR) is 61.5 cm³/mol. The van der Waals surface area contributed by atoms with E-state index in [2.05, 4.69) is 27.7 Å². The molecular formula is C13H24O2. The largest absolute Gasteiger partial charge is 0.461 e. The highest BCUT2D eigenvalue weighted by Gasteiger charge is 2.47. The lowest BCUT2D eigenvalue weighted by molar-refractivity contribution is -0.151.